The zero-order chi connectivity index (χ0) is 24.8. The number of amides is 1. The highest BCUT2D eigenvalue weighted by Crippen LogP contribution is 2.38. The van der Waals surface area contributed by atoms with Crippen LogP contribution in [0.15, 0.2) is 18.2 Å². The molecule has 1 N–H and O–H groups in total. The van der Waals surface area contributed by atoms with E-state index in [1.807, 2.05) is 20.8 Å². The van der Waals surface area contributed by atoms with Crippen LogP contribution in [-0.2, 0) is 20.2 Å². The molecule has 0 unspecified atom stereocenters. The summed E-state index contributed by atoms with van der Waals surface area (Å²) >= 11 is 0. The molecule has 0 radical (unpaired) electrons. The third-order valence-corrected chi connectivity index (χ3v) is 6.38. The first kappa shape index (κ1) is 25.7. The first-order chi connectivity index (χ1) is 15.0. The van der Waals surface area contributed by atoms with E-state index in [9.17, 15) is 18.0 Å². The second-order valence-corrected chi connectivity index (χ2v) is 10.8. The van der Waals surface area contributed by atoms with Gasteiger partial charge in [-0.1, -0.05) is 6.07 Å². The second kappa shape index (κ2) is 8.69. The van der Waals surface area contributed by atoms with Crippen LogP contribution in [0, 0.1) is 0 Å². The molecule has 1 amide bonds. The first-order valence-corrected chi connectivity index (χ1v) is 11.3. The maximum atomic E-state index is 13.9. The number of hydrogen-bond acceptors (Lipinski definition) is 5. The van der Waals surface area contributed by atoms with Crippen molar-refractivity contribution in [2.45, 2.75) is 90.3 Å². The van der Waals surface area contributed by atoms with Crippen LogP contribution in [0.1, 0.15) is 66.9 Å². The molecule has 2 aliphatic heterocycles. The van der Waals surface area contributed by atoms with Crippen LogP contribution >= 0.6 is 0 Å². The summed E-state index contributed by atoms with van der Waals surface area (Å²) in [6.45, 7) is 13.6. The molecule has 2 heterocycles. The van der Waals surface area contributed by atoms with Crippen LogP contribution in [0.2, 0.25) is 0 Å². The monoisotopic (exact) mass is 470 g/mol. The second-order valence-electron chi connectivity index (χ2n) is 10.8. The number of rotatable bonds is 3. The van der Waals surface area contributed by atoms with Crippen LogP contribution in [0.5, 0.6) is 0 Å². The smallest absolute Gasteiger partial charge is 0.444 e. The molecule has 184 valence electrons. The molecule has 2 aliphatic rings. The van der Waals surface area contributed by atoms with E-state index in [2.05, 4.69) is 5.32 Å². The predicted molar refractivity (Wildman–Crippen MR) is 122 cm³/mol. The molecular weight excluding hydrogens is 436 g/mol. The Morgan fingerprint density at radius 2 is 1.64 bits per heavy atom. The third kappa shape index (κ3) is 5.95. The molecule has 2 fully saturated rings. The Hall–Kier alpha value is -1.94. The minimum absolute atomic E-state index is 0.0357. The largest absolute Gasteiger partial charge is 0.495 e. The highest BCUT2D eigenvalue weighted by Gasteiger charge is 2.53. The predicted octanol–water partition coefficient (Wildman–Crippen LogP) is 4.82. The normalized spacial score (nSPS) is 21.3. The van der Waals surface area contributed by atoms with Crippen molar-refractivity contribution in [3.63, 3.8) is 0 Å². The number of alkyl halides is 3. The molecule has 3 rings (SSSR count). The van der Waals surface area contributed by atoms with Gasteiger partial charge in [0.1, 0.15) is 5.60 Å². The molecule has 0 aromatic heterocycles. The topological polar surface area (TPSA) is 60.0 Å². The summed E-state index contributed by atoms with van der Waals surface area (Å²) in [6.07, 6.45) is -3.71. The van der Waals surface area contributed by atoms with Crippen molar-refractivity contribution in [3.8, 4) is 0 Å². The summed E-state index contributed by atoms with van der Waals surface area (Å²) < 4.78 is 58.9. The van der Waals surface area contributed by atoms with Gasteiger partial charge in [0.15, 0.2) is 0 Å². The van der Waals surface area contributed by atoms with Gasteiger partial charge in [-0.15, -0.1) is 0 Å². The Bertz CT molecular complexity index is 859. The Morgan fingerprint density at radius 1 is 1.09 bits per heavy atom. The average Bonchev–Trinajstić information content (AvgIpc) is 2.87. The van der Waals surface area contributed by atoms with E-state index >= 15 is 0 Å². The van der Waals surface area contributed by atoms with Crippen molar-refractivity contribution in [2.24, 2.45) is 0 Å². The van der Waals surface area contributed by atoms with Crippen LogP contribution in [0.4, 0.5) is 23.7 Å². The van der Waals surface area contributed by atoms with Gasteiger partial charge in [-0.3, -0.25) is 0 Å². The Morgan fingerprint density at radius 3 is 2.12 bits per heavy atom. The van der Waals surface area contributed by atoms with Gasteiger partial charge in [0.25, 0.3) is 0 Å². The summed E-state index contributed by atoms with van der Waals surface area (Å²) in [5.74, 6) is 0. The number of halogens is 3. The standard InChI is InChI=1S/C23H34BF3N2O4/c1-20(2,3)31-19(30)29-12-10-15(11-13-29)28-16-8-9-18(17(14-16)23(25,26)27)24-32-21(4,5)22(6,7)33-24/h8-9,14-15,28H,10-13H2,1-7H3. The molecule has 10 heteroatoms. The Balaban J connectivity index is 1.70. The molecule has 0 bridgehead atoms. The van der Waals surface area contributed by atoms with Crippen LogP contribution in [-0.4, -0.2) is 54.0 Å². The lowest BCUT2D eigenvalue weighted by atomic mass is 9.75. The van der Waals surface area contributed by atoms with E-state index in [-0.39, 0.29) is 17.6 Å². The van der Waals surface area contributed by atoms with Gasteiger partial charge < -0.3 is 24.3 Å². The highest BCUT2D eigenvalue weighted by atomic mass is 19.4. The van der Waals surface area contributed by atoms with Crippen LogP contribution in [0.25, 0.3) is 0 Å². The number of nitrogens with one attached hydrogen (secondary N) is 1. The van der Waals surface area contributed by atoms with E-state index in [0.29, 0.717) is 31.6 Å². The van der Waals surface area contributed by atoms with Gasteiger partial charge in [0.05, 0.1) is 16.8 Å². The van der Waals surface area contributed by atoms with E-state index in [0.717, 1.165) is 6.07 Å². The molecule has 0 saturated carbocycles. The van der Waals surface area contributed by atoms with Gasteiger partial charge in [0.2, 0.25) is 0 Å². The van der Waals surface area contributed by atoms with Gasteiger partial charge >= 0.3 is 19.4 Å². The third-order valence-electron chi connectivity index (χ3n) is 6.38. The fourth-order valence-corrected chi connectivity index (χ4v) is 3.84. The van der Waals surface area contributed by atoms with Crippen molar-refractivity contribution in [1.29, 1.82) is 0 Å². The van der Waals surface area contributed by atoms with Crippen molar-refractivity contribution < 1.29 is 32.0 Å². The van der Waals surface area contributed by atoms with E-state index in [4.69, 9.17) is 14.0 Å². The van der Waals surface area contributed by atoms with Gasteiger partial charge in [-0.25, -0.2) is 4.79 Å². The van der Waals surface area contributed by atoms with Crippen molar-refractivity contribution >= 4 is 24.4 Å². The highest BCUT2D eigenvalue weighted by molar-refractivity contribution is 6.62. The quantitative estimate of drug-likeness (QED) is 0.643. The lowest BCUT2D eigenvalue weighted by Crippen LogP contribution is -2.44. The zero-order valence-corrected chi connectivity index (χ0v) is 20.4. The molecular formula is C23H34BF3N2O4. The number of ether oxygens (including phenoxy) is 1. The number of nitrogens with zero attached hydrogens (tertiary/aromatic N) is 1. The number of benzene rings is 1. The number of carbonyl (C=O) groups excluding carboxylic acids is 1. The van der Waals surface area contributed by atoms with Crippen molar-refractivity contribution in [3.05, 3.63) is 23.8 Å². The summed E-state index contributed by atoms with van der Waals surface area (Å²) in [7, 11) is -1.10. The van der Waals surface area contributed by atoms with Crippen molar-refractivity contribution in [1.82, 2.24) is 4.90 Å². The minimum Gasteiger partial charge on any atom is -0.444 e. The van der Waals surface area contributed by atoms with Gasteiger partial charge in [0, 0.05) is 24.8 Å². The zero-order valence-electron chi connectivity index (χ0n) is 20.4. The SMILES string of the molecule is CC(C)(C)OC(=O)N1CCC(Nc2ccc(B3OC(C)(C)C(C)(C)O3)c(C(F)(F)F)c2)CC1. The summed E-state index contributed by atoms with van der Waals surface area (Å²) in [5.41, 5.74) is -2.49. The Kier molecular flexibility index (Phi) is 6.76. The molecule has 0 aliphatic carbocycles. The molecule has 1 aromatic carbocycles. The molecule has 2 saturated heterocycles. The van der Waals surface area contributed by atoms with E-state index < -0.39 is 35.7 Å². The molecule has 1 aromatic rings. The number of anilines is 1. The minimum atomic E-state index is -4.56. The lowest BCUT2D eigenvalue weighted by molar-refractivity contribution is -0.136. The van der Waals surface area contributed by atoms with Crippen LogP contribution in [0.3, 0.4) is 0 Å². The number of piperidine rings is 1. The van der Waals surface area contributed by atoms with Crippen molar-refractivity contribution in [2.75, 3.05) is 18.4 Å². The maximum absolute atomic E-state index is 13.9. The summed E-state index contributed by atoms with van der Waals surface area (Å²) in [4.78, 5) is 13.9. The van der Waals surface area contributed by atoms with Gasteiger partial charge in [-0.2, -0.15) is 13.2 Å². The average molecular weight is 470 g/mol. The number of likely N-dealkylation sites (tertiary alicyclic amines) is 1. The Labute approximate surface area is 194 Å². The van der Waals surface area contributed by atoms with E-state index in [1.54, 1.807) is 38.7 Å². The maximum Gasteiger partial charge on any atom is 0.495 e. The molecule has 6 nitrogen and oxygen atoms in total. The fourth-order valence-electron chi connectivity index (χ4n) is 3.84. The lowest BCUT2D eigenvalue weighted by Gasteiger charge is -2.34. The number of hydrogen-bond donors (Lipinski definition) is 1. The molecule has 33 heavy (non-hydrogen) atoms. The van der Waals surface area contributed by atoms with Crippen LogP contribution < -0.4 is 10.8 Å². The summed E-state index contributed by atoms with van der Waals surface area (Å²) in [6, 6.07) is 4.10. The fraction of sp³-hybridized carbons (Fsp3) is 0.696. The number of carbonyl (C=O) groups is 1. The summed E-state index contributed by atoms with van der Waals surface area (Å²) in [5, 5.41) is 3.19. The van der Waals surface area contributed by atoms with E-state index in [1.165, 1.54) is 6.07 Å². The first-order valence-electron chi connectivity index (χ1n) is 11.3. The molecule has 0 spiro atoms. The molecule has 0 atom stereocenters. The van der Waals surface area contributed by atoms with Gasteiger partial charge in [-0.05, 0) is 78.9 Å².